The Labute approximate surface area is 199 Å². The molecule has 8 nitrogen and oxygen atoms in total. The monoisotopic (exact) mass is 461 g/mol. The highest BCUT2D eigenvalue weighted by Crippen LogP contribution is 2.38. The molecule has 1 aliphatic heterocycles. The minimum atomic E-state index is -0.549. The molecule has 5 rings (SSSR count). The van der Waals surface area contributed by atoms with Gasteiger partial charge in [0.05, 0.1) is 16.6 Å². The van der Waals surface area contributed by atoms with Crippen molar-refractivity contribution in [2.45, 2.75) is 77.0 Å². The summed E-state index contributed by atoms with van der Waals surface area (Å²) in [6.45, 7) is 10.0. The van der Waals surface area contributed by atoms with Crippen LogP contribution in [0.3, 0.4) is 0 Å². The van der Waals surface area contributed by atoms with Gasteiger partial charge in [0, 0.05) is 23.3 Å². The van der Waals surface area contributed by atoms with Crippen LogP contribution in [0.15, 0.2) is 30.6 Å². The number of anilines is 2. The van der Waals surface area contributed by atoms with Crippen LogP contribution in [0.25, 0.3) is 10.8 Å². The van der Waals surface area contributed by atoms with E-state index in [4.69, 9.17) is 20.2 Å². The summed E-state index contributed by atoms with van der Waals surface area (Å²) in [4.78, 5) is 26.3. The number of aromatic nitrogens is 3. The van der Waals surface area contributed by atoms with E-state index in [0.717, 1.165) is 35.6 Å². The summed E-state index contributed by atoms with van der Waals surface area (Å²) in [5.41, 5.74) is 7.82. The second-order valence-corrected chi connectivity index (χ2v) is 10.2. The van der Waals surface area contributed by atoms with Gasteiger partial charge in [-0.2, -0.15) is 0 Å². The number of rotatable bonds is 6. The van der Waals surface area contributed by atoms with Gasteiger partial charge in [-0.25, -0.2) is 19.7 Å². The minimum Gasteiger partial charge on any atom is -0.474 e. The Morgan fingerprint density at radius 3 is 2.68 bits per heavy atom. The molecular formula is C26H31N5O3. The predicted molar refractivity (Wildman–Crippen MR) is 130 cm³/mol. The molecule has 4 heterocycles. The van der Waals surface area contributed by atoms with Crippen LogP contribution in [0.1, 0.15) is 75.5 Å². The van der Waals surface area contributed by atoms with E-state index in [1.807, 2.05) is 40.0 Å². The van der Waals surface area contributed by atoms with Crippen molar-refractivity contribution in [2.75, 3.05) is 5.32 Å². The molecule has 1 fully saturated rings. The van der Waals surface area contributed by atoms with Crippen LogP contribution < -0.4 is 15.8 Å². The first-order valence-electron chi connectivity index (χ1n) is 11.8. The van der Waals surface area contributed by atoms with E-state index in [2.05, 4.69) is 22.2 Å². The van der Waals surface area contributed by atoms with Gasteiger partial charge in [0.2, 0.25) is 5.88 Å². The van der Waals surface area contributed by atoms with E-state index < -0.39 is 11.0 Å². The zero-order valence-electron chi connectivity index (χ0n) is 20.3. The van der Waals surface area contributed by atoms with Gasteiger partial charge >= 0.3 is 5.97 Å². The highest BCUT2D eigenvalue weighted by atomic mass is 16.5. The fourth-order valence-corrected chi connectivity index (χ4v) is 4.14. The number of esters is 1. The van der Waals surface area contributed by atoms with Gasteiger partial charge in [-0.3, -0.25) is 0 Å². The molecule has 0 aromatic carbocycles. The van der Waals surface area contributed by atoms with Crippen LogP contribution in [0.2, 0.25) is 0 Å². The number of carbonyl (C=O) groups excluding carboxylic acids is 1. The zero-order chi connectivity index (χ0) is 24.3. The van der Waals surface area contributed by atoms with E-state index in [-0.39, 0.29) is 18.2 Å². The lowest BCUT2D eigenvalue weighted by Crippen LogP contribution is -2.42. The number of hydrogen-bond acceptors (Lipinski definition) is 8. The third-order valence-corrected chi connectivity index (χ3v) is 7.17. The van der Waals surface area contributed by atoms with Crippen molar-refractivity contribution in [2.24, 2.45) is 5.73 Å². The standard InChI is InChI=1S/C26H31N5O3/c1-6-26(5,27)19-13-29-23(34-15-7-8-15)18-12-28-21(11-17(18)19)30-20-10-9-16-22(31-20)25(3,4)14(2)33-24(16)32/h9-15H,6-8,27H2,1-5H3,(H,28,30,31)/t14-,26+/m0/s1. The molecule has 1 saturated carbocycles. The molecule has 0 unspecified atom stereocenters. The van der Waals surface area contributed by atoms with Gasteiger partial charge in [-0.15, -0.1) is 0 Å². The van der Waals surface area contributed by atoms with Gasteiger partial charge in [0.25, 0.3) is 0 Å². The van der Waals surface area contributed by atoms with Gasteiger partial charge < -0.3 is 20.5 Å². The highest BCUT2D eigenvalue weighted by molar-refractivity contribution is 5.93. The second kappa shape index (κ2) is 7.91. The second-order valence-electron chi connectivity index (χ2n) is 10.2. The SMILES string of the molecule is CC[C@@](C)(N)c1cnc(OC2CC2)c2cnc(Nc3ccc4c(n3)C(C)(C)[C@H](C)OC4=O)cc12. The summed E-state index contributed by atoms with van der Waals surface area (Å²) >= 11 is 0. The summed E-state index contributed by atoms with van der Waals surface area (Å²) in [6, 6.07) is 5.49. The lowest BCUT2D eigenvalue weighted by molar-refractivity contribution is 0.00864. The molecule has 2 atom stereocenters. The number of cyclic esters (lactones) is 1. The molecule has 3 N–H and O–H groups in total. The third-order valence-electron chi connectivity index (χ3n) is 7.17. The Balaban J connectivity index is 1.55. The molecule has 1 aliphatic carbocycles. The van der Waals surface area contributed by atoms with Crippen molar-refractivity contribution in [3.8, 4) is 5.88 Å². The van der Waals surface area contributed by atoms with Crippen molar-refractivity contribution >= 4 is 28.4 Å². The van der Waals surface area contributed by atoms with Crippen LogP contribution in [-0.4, -0.2) is 33.1 Å². The number of ether oxygens (including phenoxy) is 2. The van der Waals surface area contributed by atoms with E-state index in [9.17, 15) is 4.79 Å². The molecule has 34 heavy (non-hydrogen) atoms. The number of nitrogens with one attached hydrogen (secondary N) is 1. The molecular weight excluding hydrogens is 430 g/mol. The van der Waals surface area contributed by atoms with Gasteiger partial charge in [-0.05, 0) is 62.3 Å². The van der Waals surface area contributed by atoms with Crippen LogP contribution in [0.4, 0.5) is 11.6 Å². The molecule has 178 valence electrons. The summed E-state index contributed by atoms with van der Waals surface area (Å²) in [7, 11) is 0. The molecule has 0 spiro atoms. The first-order chi connectivity index (χ1) is 16.1. The van der Waals surface area contributed by atoms with Gasteiger partial charge in [0.1, 0.15) is 23.8 Å². The lowest BCUT2D eigenvalue weighted by Gasteiger charge is -2.36. The summed E-state index contributed by atoms with van der Waals surface area (Å²) < 4.78 is 11.5. The topological polar surface area (TPSA) is 112 Å². The maximum Gasteiger partial charge on any atom is 0.340 e. The summed E-state index contributed by atoms with van der Waals surface area (Å²) in [5.74, 6) is 1.48. The van der Waals surface area contributed by atoms with Crippen LogP contribution in [-0.2, 0) is 15.7 Å². The minimum absolute atomic E-state index is 0.229. The highest BCUT2D eigenvalue weighted by Gasteiger charge is 2.41. The number of hydrogen-bond donors (Lipinski definition) is 2. The average molecular weight is 462 g/mol. The van der Waals surface area contributed by atoms with Crippen molar-refractivity contribution in [3.63, 3.8) is 0 Å². The molecule has 8 heteroatoms. The Hall–Kier alpha value is -3.26. The van der Waals surface area contributed by atoms with Crippen molar-refractivity contribution < 1.29 is 14.3 Å². The number of nitrogens with two attached hydrogens (primary N) is 1. The fraction of sp³-hybridized carbons (Fsp3) is 0.462. The molecule has 3 aromatic heterocycles. The third kappa shape index (κ3) is 3.86. The fourth-order valence-electron chi connectivity index (χ4n) is 4.14. The molecule has 3 aromatic rings. The van der Waals surface area contributed by atoms with Crippen molar-refractivity contribution in [1.29, 1.82) is 0 Å². The average Bonchev–Trinajstić information content (AvgIpc) is 3.62. The number of fused-ring (bicyclic) bond motifs is 2. The van der Waals surface area contributed by atoms with E-state index in [1.54, 1.807) is 18.3 Å². The Kier molecular flexibility index (Phi) is 5.24. The van der Waals surface area contributed by atoms with Crippen LogP contribution >= 0.6 is 0 Å². The number of nitrogens with zero attached hydrogens (tertiary/aromatic N) is 3. The van der Waals surface area contributed by atoms with Crippen LogP contribution in [0, 0.1) is 0 Å². The van der Waals surface area contributed by atoms with E-state index in [0.29, 0.717) is 28.8 Å². The number of carbonyl (C=O) groups is 1. The first-order valence-corrected chi connectivity index (χ1v) is 11.8. The largest absolute Gasteiger partial charge is 0.474 e. The van der Waals surface area contributed by atoms with Gasteiger partial charge in [-0.1, -0.05) is 20.8 Å². The van der Waals surface area contributed by atoms with Crippen LogP contribution in [0.5, 0.6) is 5.88 Å². The van der Waals surface area contributed by atoms with E-state index >= 15 is 0 Å². The zero-order valence-corrected chi connectivity index (χ0v) is 20.3. The first kappa shape index (κ1) is 22.5. The molecule has 0 bridgehead atoms. The normalized spacial score (nSPS) is 20.9. The molecule has 2 aliphatic rings. The summed E-state index contributed by atoms with van der Waals surface area (Å²) in [5, 5.41) is 5.10. The molecule has 0 radical (unpaired) electrons. The molecule has 0 amide bonds. The van der Waals surface area contributed by atoms with Crippen molar-refractivity contribution in [3.05, 3.63) is 47.4 Å². The summed E-state index contributed by atoms with van der Waals surface area (Å²) in [6.07, 6.45) is 6.41. The predicted octanol–water partition coefficient (Wildman–Crippen LogP) is 4.73. The Morgan fingerprint density at radius 1 is 1.21 bits per heavy atom. The van der Waals surface area contributed by atoms with Crippen molar-refractivity contribution in [1.82, 2.24) is 15.0 Å². The maximum atomic E-state index is 12.3. The smallest absolute Gasteiger partial charge is 0.340 e. The Morgan fingerprint density at radius 2 is 1.97 bits per heavy atom. The van der Waals surface area contributed by atoms with E-state index in [1.165, 1.54) is 0 Å². The lowest BCUT2D eigenvalue weighted by atomic mass is 9.79. The maximum absolute atomic E-state index is 12.3. The Bertz CT molecular complexity index is 1280. The molecule has 0 saturated heterocycles. The van der Waals surface area contributed by atoms with Gasteiger partial charge in [0.15, 0.2) is 0 Å². The quantitative estimate of drug-likeness (QED) is 0.507. The number of pyridine rings is 3.